The molecule has 2 aromatic carbocycles. The summed E-state index contributed by atoms with van der Waals surface area (Å²) in [7, 11) is 0. The van der Waals surface area contributed by atoms with Crippen molar-refractivity contribution in [2.24, 2.45) is 5.92 Å². The van der Waals surface area contributed by atoms with Crippen molar-refractivity contribution in [3.8, 4) is 0 Å². The van der Waals surface area contributed by atoms with E-state index >= 15 is 0 Å². The Labute approximate surface area is 151 Å². The van der Waals surface area contributed by atoms with Gasteiger partial charge in [-0.1, -0.05) is 72.8 Å². The number of nitrogens with zero attached hydrogens (tertiary/aromatic N) is 1. The summed E-state index contributed by atoms with van der Waals surface area (Å²) >= 11 is 0. The van der Waals surface area contributed by atoms with Crippen LogP contribution in [0.25, 0.3) is 0 Å². The van der Waals surface area contributed by atoms with Crippen LogP contribution in [0.3, 0.4) is 0 Å². The Balaban J connectivity index is 1.58. The van der Waals surface area contributed by atoms with E-state index in [1.165, 1.54) is 49.9 Å². The van der Waals surface area contributed by atoms with Gasteiger partial charge in [0.2, 0.25) is 0 Å². The second kappa shape index (κ2) is 6.14. The van der Waals surface area contributed by atoms with Gasteiger partial charge in [0.25, 0.3) is 0 Å². The molecule has 0 amide bonds. The molecule has 1 saturated heterocycles. The maximum Gasteiger partial charge on any atom is 0.0403 e. The molecule has 0 N–H and O–H groups in total. The first-order valence-electron chi connectivity index (χ1n) is 9.90. The number of benzene rings is 2. The second-order valence-corrected chi connectivity index (χ2v) is 8.18. The van der Waals surface area contributed by atoms with Gasteiger partial charge in [-0.2, -0.15) is 0 Å². The fraction of sp³-hybridized carbons (Fsp3) is 0.417. The van der Waals surface area contributed by atoms with Gasteiger partial charge in [-0.05, 0) is 67.7 Å². The number of fused-ring (bicyclic) bond motifs is 2. The zero-order valence-electron chi connectivity index (χ0n) is 14.9. The van der Waals surface area contributed by atoms with Crippen molar-refractivity contribution in [3.63, 3.8) is 0 Å². The van der Waals surface area contributed by atoms with E-state index in [2.05, 4.69) is 77.7 Å². The molecule has 1 nitrogen and oxygen atoms in total. The molecule has 2 fully saturated rings. The minimum atomic E-state index is 0.270. The number of likely N-dealkylation sites (tertiary alicyclic amines) is 1. The molecule has 2 bridgehead atoms. The van der Waals surface area contributed by atoms with Crippen LogP contribution in [-0.2, 0) is 0 Å². The van der Waals surface area contributed by atoms with Crippen LogP contribution in [0.5, 0.6) is 0 Å². The van der Waals surface area contributed by atoms with Gasteiger partial charge < -0.3 is 0 Å². The molecule has 1 heterocycles. The summed E-state index contributed by atoms with van der Waals surface area (Å²) in [5.74, 6) is 1.92. The lowest BCUT2D eigenvalue weighted by molar-refractivity contribution is 0.0656. The molecule has 6 rings (SSSR count). The van der Waals surface area contributed by atoms with E-state index in [0.717, 1.165) is 0 Å². The molecule has 3 aliphatic carbocycles. The lowest BCUT2D eigenvalue weighted by Crippen LogP contribution is -2.54. The predicted octanol–water partition coefficient (Wildman–Crippen LogP) is 5.37. The van der Waals surface area contributed by atoms with E-state index in [1.807, 2.05) is 0 Å². The van der Waals surface area contributed by atoms with Gasteiger partial charge in [0.15, 0.2) is 0 Å². The Morgan fingerprint density at radius 1 is 0.720 bits per heavy atom. The third-order valence-corrected chi connectivity index (χ3v) is 6.90. The van der Waals surface area contributed by atoms with Crippen molar-refractivity contribution in [3.05, 3.63) is 83.9 Å². The predicted molar refractivity (Wildman–Crippen MR) is 104 cm³/mol. The number of hydrogen-bond donors (Lipinski definition) is 0. The van der Waals surface area contributed by atoms with Crippen LogP contribution < -0.4 is 0 Å². The topological polar surface area (TPSA) is 3.24 Å². The Morgan fingerprint density at radius 3 is 1.76 bits per heavy atom. The van der Waals surface area contributed by atoms with E-state index in [1.54, 1.807) is 0 Å². The normalized spacial score (nSPS) is 34.5. The van der Waals surface area contributed by atoms with Gasteiger partial charge in [-0.15, -0.1) is 0 Å². The molecule has 128 valence electrons. The summed E-state index contributed by atoms with van der Waals surface area (Å²) in [6.07, 6.45) is 10.5. The standard InChI is InChI=1S/C24H27N/c1-3-9-19(10-4-1)22-17-24(25-15-7-8-16-25)14-13-21(22)23(18-24)20-11-5-2-6-12-20/h1-6,9-14,21-23H,7-8,15-18H2. The van der Waals surface area contributed by atoms with Gasteiger partial charge in [0.05, 0.1) is 0 Å². The van der Waals surface area contributed by atoms with Crippen LogP contribution in [-0.4, -0.2) is 23.5 Å². The Morgan fingerprint density at radius 2 is 1.24 bits per heavy atom. The molecule has 2 atom stereocenters. The van der Waals surface area contributed by atoms with Crippen molar-refractivity contribution < 1.29 is 0 Å². The van der Waals surface area contributed by atoms with Crippen molar-refractivity contribution in [2.45, 2.75) is 43.1 Å². The van der Waals surface area contributed by atoms with Crippen LogP contribution in [0.1, 0.15) is 48.6 Å². The maximum atomic E-state index is 2.80. The molecular formula is C24H27N. The van der Waals surface area contributed by atoms with E-state index < -0.39 is 0 Å². The summed E-state index contributed by atoms with van der Waals surface area (Å²) in [4.78, 5) is 2.80. The van der Waals surface area contributed by atoms with Gasteiger partial charge in [0.1, 0.15) is 0 Å². The molecule has 2 aromatic rings. The Bertz CT molecular complexity index is 693. The van der Waals surface area contributed by atoms with Gasteiger partial charge in [-0.3, -0.25) is 4.90 Å². The average Bonchev–Trinajstić information content (AvgIpc) is 3.25. The molecule has 0 radical (unpaired) electrons. The van der Waals surface area contributed by atoms with Crippen molar-refractivity contribution in [2.75, 3.05) is 13.1 Å². The highest BCUT2D eigenvalue weighted by molar-refractivity contribution is 5.37. The molecule has 1 aliphatic heterocycles. The third kappa shape index (κ3) is 2.57. The minimum absolute atomic E-state index is 0.270. The van der Waals surface area contributed by atoms with Crippen molar-refractivity contribution in [1.29, 1.82) is 0 Å². The summed E-state index contributed by atoms with van der Waals surface area (Å²) in [5, 5.41) is 0. The van der Waals surface area contributed by atoms with Crippen molar-refractivity contribution in [1.82, 2.24) is 4.90 Å². The summed E-state index contributed by atoms with van der Waals surface area (Å²) in [5.41, 5.74) is 3.33. The molecule has 2 unspecified atom stereocenters. The average molecular weight is 329 g/mol. The summed E-state index contributed by atoms with van der Waals surface area (Å²) in [6, 6.07) is 22.5. The van der Waals surface area contributed by atoms with E-state index in [0.29, 0.717) is 17.8 Å². The zero-order chi connectivity index (χ0) is 16.7. The molecule has 0 spiro atoms. The summed E-state index contributed by atoms with van der Waals surface area (Å²) < 4.78 is 0. The third-order valence-electron chi connectivity index (χ3n) is 6.90. The smallest absolute Gasteiger partial charge is 0.0403 e. The lowest BCUT2D eigenvalue weighted by atomic mass is 9.56. The SMILES string of the molecule is C1=CC2(N3CCCC3)CC(c3ccccc3)C1C(c1ccccc1)C2. The van der Waals surface area contributed by atoms with E-state index in [4.69, 9.17) is 0 Å². The van der Waals surface area contributed by atoms with Gasteiger partial charge in [0, 0.05) is 5.54 Å². The highest BCUT2D eigenvalue weighted by Gasteiger charge is 2.51. The zero-order valence-corrected chi connectivity index (χ0v) is 14.9. The first kappa shape index (κ1) is 15.4. The quantitative estimate of drug-likeness (QED) is 0.684. The van der Waals surface area contributed by atoms with Crippen LogP contribution in [0.4, 0.5) is 0 Å². The molecule has 0 aromatic heterocycles. The number of allylic oxidation sites excluding steroid dienone is 1. The van der Waals surface area contributed by atoms with Gasteiger partial charge >= 0.3 is 0 Å². The van der Waals surface area contributed by atoms with Crippen LogP contribution in [0.2, 0.25) is 0 Å². The fourth-order valence-corrected chi connectivity index (χ4v) is 5.70. The second-order valence-electron chi connectivity index (χ2n) is 8.18. The first-order valence-corrected chi connectivity index (χ1v) is 9.90. The molecule has 4 aliphatic rings. The van der Waals surface area contributed by atoms with Crippen LogP contribution in [0.15, 0.2) is 72.8 Å². The molecule has 1 saturated carbocycles. The first-order chi connectivity index (χ1) is 12.4. The largest absolute Gasteiger partial charge is 0.294 e. The Kier molecular flexibility index (Phi) is 3.78. The molecular weight excluding hydrogens is 302 g/mol. The highest BCUT2D eigenvalue weighted by atomic mass is 15.2. The number of hydrogen-bond acceptors (Lipinski definition) is 1. The summed E-state index contributed by atoms with van der Waals surface area (Å²) in [6.45, 7) is 2.55. The van der Waals surface area contributed by atoms with Crippen LogP contribution >= 0.6 is 0 Å². The maximum absolute atomic E-state index is 2.80. The fourth-order valence-electron chi connectivity index (χ4n) is 5.70. The minimum Gasteiger partial charge on any atom is -0.294 e. The molecule has 1 heteroatoms. The van der Waals surface area contributed by atoms with E-state index in [9.17, 15) is 0 Å². The van der Waals surface area contributed by atoms with Gasteiger partial charge in [-0.25, -0.2) is 0 Å². The van der Waals surface area contributed by atoms with Crippen LogP contribution in [0, 0.1) is 5.92 Å². The number of rotatable bonds is 3. The lowest BCUT2D eigenvalue weighted by Gasteiger charge is -2.55. The Hall–Kier alpha value is -1.86. The van der Waals surface area contributed by atoms with E-state index in [-0.39, 0.29) is 5.54 Å². The van der Waals surface area contributed by atoms with Crippen molar-refractivity contribution >= 4 is 0 Å². The highest BCUT2D eigenvalue weighted by Crippen LogP contribution is 2.56. The monoisotopic (exact) mass is 329 g/mol. The molecule has 25 heavy (non-hydrogen) atoms.